The Morgan fingerprint density at radius 3 is 2.70 bits per heavy atom. The molecule has 0 saturated carbocycles. The summed E-state index contributed by atoms with van der Waals surface area (Å²) in [6.07, 6.45) is 1.33. The molecule has 0 radical (unpaired) electrons. The number of carbonyl (C=O) groups excluding carboxylic acids is 1. The number of fused-ring (bicyclic) bond motifs is 1. The molecule has 2 heterocycles. The molecule has 1 saturated heterocycles. The highest BCUT2D eigenvalue weighted by atomic mass is 16.5. The second-order valence-corrected chi connectivity index (χ2v) is 5.97. The van der Waals surface area contributed by atoms with Gasteiger partial charge in [-0.25, -0.2) is 0 Å². The van der Waals surface area contributed by atoms with Crippen molar-refractivity contribution in [2.24, 2.45) is 0 Å². The Morgan fingerprint density at radius 2 is 2.04 bits per heavy atom. The van der Waals surface area contributed by atoms with Gasteiger partial charge in [0.25, 0.3) is 0 Å². The number of hydrogen-bond acceptors (Lipinski definition) is 5. The molecule has 2 aliphatic heterocycles. The molecule has 0 aromatic heterocycles. The summed E-state index contributed by atoms with van der Waals surface area (Å²) in [6.45, 7) is 3.53. The molecule has 6 nitrogen and oxygen atoms in total. The van der Waals surface area contributed by atoms with Crippen LogP contribution in [0.1, 0.15) is 17.5 Å². The first-order valence-corrected chi connectivity index (χ1v) is 8.04. The lowest BCUT2D eigenvalue weighted by molar-refractivity contribution is -0.133. The predicted octanol–water partition coefficient (Wildman–Crippen LogP) is 0.967. The van der Waals surface area contributed by atoms with Crippen molar-refractivity contribution in [2.75, 3.05) is 40.5 Å². The predicted molar refractivity (Wildman–Crippen MR) is 85.9 cm³/mol. The summed E-state index contributed by atoms with van der Waals surface area (Å²) in [6, 6.07) is 4.13. The summed E-state index contributed by atoms with van der Waals surface area (Å²) in [5.41, 5.74) is 2.36. The number of nitrogens with zero attached hydrogens (tertiary/aromatic N) is 1. The van der Waals surface area contributed by atoms with Gasteiger partial charge >= 0.3 is 0 Å². The first-order valence-electron chi connectivity index (χ1n) is 8.04. The van der Waals surface area contributed by atoms with E-state index in [1.807, 2.05) is 17.0 Å². The minimum absolute atomic E-state index is 0.128. The maximum atomic E-state index is 12.5. The maximum Gasteiger partial charge on any atom is 0.224 e. The molecule has 126 valence electrons. The van der Waals surface area contributed by atoms with E-state index in [2.05, 4.69) is 5.32 Å². The average molecular weight is 320 g/mol. The van der Waals surface area contributed by atoms with Crippen LogP contribution in [0.5, 0.6) is 11.5 Å². The van der Waals surface area contributed by atoms with Crippen LogP contribution in [0, 0.1) is 0 Å². The van der Waals surface area contributed by atoms with E-state index in [1.165, 1.54) is 5.56 Å². The number of amides is 1. The summed E-state index contributed by atoms with van der Waals surface area (Å²) in [5, 5.41) is 3.33. The summed E-state index contributed by atoms with van der Waals surface area (Å²) >= 11 is 0. The normalized spacial score (nSPS) is 20.8. The summed E-state index contributed by atoms with van der Waals surface area (Å²) < 4.78 is 16.1. The number of morpholine rings is 1. The van der Waals surface area contributed by atoms with Crippen molar-refractivity contribution in [3.8, 4) is 11.5 Å². The van der Waals surface area contributed by atoms with Crippen LogP contribution in [0.4, 0.5) is 0 Å². The summed E-state index contributed by atoms with van der Waals surface area (Å²) in [4.78, 5) is 14.4. The Morgan fingerprint density at radius 1 is 1.30 bits per heavy atom. The lowest BCUT2D eigenvalue weighted by Crippen LogP contribution is -2.46. The van der Waals surface area contributed by atoms with Crippen molar-refractivity contribution in [1.82, 2.24) is 10.2 Å². The fourth-order valence-electron chi connectivity index (χ4n) is 3.19. The molecule has 3 rings (SSSR count). The number of benzene rings is 1. The lowest BCUT2D eigenvalue weighted by Gasteiger charge is -2.31. The fourth-order valence-corrected chi connectivity index (χ4v) is 3.19. The topological polar surface area (TPSA) is 60.0 Å². The minimum atomic E-state index is 0.128. The monoisotopic (exact) mass is 320 g/mol. The number of hydrogen-bond donors (Lipinski definition) is 1. The first kappa shape index (κ1) is 16.1. The molecule has 1 aromatic carbocycles. The highest BCUT2D eigenvalue weighted by Crippen LogP contribution is 2.33. The third kappa shape index (κ3) is 3.59. The van der Waals surface area contributed by atoms with Crippen molar-refractivity contribution in [2.45, 2.75) is 25.4 Å². The van der Waals surface area contributed by atoms with E-state index >= 15 is 0 Å². The second kappa shape index (κ2) is 7.19. The van der Waals surface area contributed by atoms with Gasteiger partial charge in [0.15, 0.2) is 11.5 Å². The number of nitrogens with one attached hydrogen (secondary N) is 1. The van der Waals surface area contributed by atoms with Gasteiger partial charge in [0.05, 0.1) is 27.4 Å². The summed E-state index contributed by atoms with van der Waals surface area (Å²) in [5.74, 6) is 1.63. The molecule has 1 atom stereocenters. The largest absolute Gasteiger partial charge is 0.493 e. The minimum Gasteiger partial charge on any atom is -0.493 e. The van der Waals surface area contributed by atoms with Crippen LogP contribution >= 0.6 is 0 Å². The zero-order valence-corrected chi connectivity index (χ0v) is 13.8. The van der Waals surface area contributed by atoms with Gasteiger partial charge in [0, 0.05) is 32.1 Å². The SMILES string of the molecule is COc1cc2c(cc1OC)CN(C(=O)CC1COCCN1)CC2. The van der Waals surface area contributed by atoms with Crippen molar-refractivity contribution < 1.29 is 19.0 Å². The van der Waals surface area contributed by atoms with Crippen LogP contribution in [0.15, 0.2) is 12.1 Å². The molecule has 1 unspecified atom stereocenters. The van der Waals surface area contributed by atoms with Crippen molar-refractivity contribution in [3.05, 3.63) is 23.3 Å². The first-order chi connectivity index (χ1) is 11.2. The number of carbonyl (C=O) groups is 1. The third-order valence-corrected chi connectivity index (χ3v) is 4.49. The Labute approximate surface area is 136 Å². The van der Waals surface area contributed by atoms with Crippen LogP contribution in [-0.4, -0.2) is 57.4 Å². The molecular formula is C17H24N2O4. The van der Waals surface area contributed by atoms with Gasteiger partial charge in [-0.15, -0.1) is 0 Å². The molecule has 0 aliphatic carbocycles. The van der Waals surface area contributed by atoms with Gasteiger partial charge < -0.3 is 24.4 Å². The van der Waals surface area contributed by atoms with Gasteiger partial charge in [0.2, 0.25) is 5.91 Å². The molecule has 23 heavy (non-hydrogen) atoms. The zero-order valence-electron chi connectivity index (χ0n) is 13.8. The Hall–Kier alpha value is -1.79. The van der Waals surface area contributed by atoms with E-state index < -0.39 is 0 Å². The highest BCUT2D eigenvalue weighted by molar-refractivity contribution is 5.77. The van der Waals surface area contributed by atoms with Gasteiger partial charge in [-0.2, -0.15) is 0 Å². The van der Waals surface area contributed by atoms with E-state index in [0.717, 1.165) is 37.4 Å². The van der Waals surface area contributed by atoms with Crippen LogP contribution in [0.2, 0.25) is 0 Å². The van der Waals surface area contributed by atoms with Crippen LogP contribution in [0.3, 0.4) is 0 Å². The quantitative estimate of drug-likeness (QED) is 0.896. The second-order valence-electron chi connectivity index (χ2n) is 5.97. The van der Waals surface area contributed by atoms with Gasteiger partial charge in [-0.05, 0) is 29.7 Å². The van der Waals surface area contributed by atoms with E-state index in [-0.39, 0.29) is 11.9 Å². The van der Waals surface area contributed by atoms with Crippen LogP contribution in [-0.2, 0) is 22.5 Å². The molecule has 2 aliphatic rings. The molecule has 1 aromatic rings. The van der Waals surface area contributed by atoms with E-state index in [9.17, 15) is 4.79 Å². The number of rotatable bonds is 4. The zero-order chi connectivity index (χ0) is 16.2. The van der Waals surface area contributed by atoms with Crippen molar-refractivity contribution in [1.29, 1.82) is 0 Å². The molecular weight excluding hydrogens is 296 g/mol. The van der Waals surface area contributed by atoms with E-state index in [0.29, 0.717) is 25.3 Å². The van der Waals surface area contributed by atoms with E-state index in [1.54, 1.807) is 14.2 Å². The molecule has 1 fully saturated rings. The molecule has 6 heteroatoms. The summed E-state index contributed by atoms with van der Waals surface area (Å²) in [7, 11) is 3.27. The molecule has 0 bridgehead atoms. The third-order valence-electron chi connectivity index (χ3n) is 4.49. The molecule has 1 N–H and O–H groups in total. The fraction of sp³-hybridized carbons (Fsp3) is 0.588. The van der Waals surface area contributed by atoms with Crippen molar-refractivity contribution in [3.63, 3.8) is 0 Å². The average Bonchev–Trinajstić information content (AvgIpc) is 2.60. The molecule has 1 amide bonds. The lowest BCUT2D eigenvalue weighted by atomic mass is 9.98. The van der Waals surface area contributed by atoms with Crippen LogP contribution < -0.4 is 14.8 Å². The van der Waals surface area contributed by atoms with Gasteiger partial charge in [-0.3, -0.25) is 4.79 Å². The standard InChI is InChI=1S/C17H24N2O4/c1-21-15-7-12-3-5-19(10-13(12)8-16(15)22-2)17(20)9-14-11-23-6-4-18-14/h7-8,14,18H,3-6,9-11H2,1-2H3. The smallest absolute Gasteiger partial charge is 0.224 e. The molecule has 0 spiro atoms. The Balaban J connectivity index is 1.68. The number of methoxy groups -OCH3 is 2. The highest BCUT2D eigenvalue weighted by Gasteiger charge is 2.25. The van der Waals surface area contributed by atoms with Gasteiger partial charge in [0.1, 0.15) is 0 Å². The number of ether oxygens (including phenoxy) is 3. The Kier molecular flexibility index (Phi) is 5.03. The van der Waals surface area contributed by atoms with Gasteiger partial charge in [-0.1, -0.05) is 0 Å². The van der Waals surface area contributed by atoms with Crippen LogP contribution in [0.25, 0.3) is 0 Å². The Bertz CT molecular complexity index is 570. The van der Waals surface area contributed by atoms with E-state index in [4.69, 9.17) is 14.2 Å². The van der Waals surface area contributed by atoms with Crippen molar-refractivity contribution >= 4 is 5.91 Å². The maximum absolute atomic E-state index is 12.5.